The van der Waals surface area contributed by atoms with Gasteiger partial charge in [0, 0.05) is 10.4 Å². The summed E-state index contributed by atoms with van der Waals surface area (Å²) in [5.41, 5.74) is 0.838. The first-order valence-electron chi connectivity index (χ1n) is 3.49. The van der Waals surface area contributed by atoms with Gasteiger partial charge < -0.3 is 0 Å². The van der Waals surface area contributed by atoms with Crippen LogP contribution in [0.5, 0.6) is 0 Å². The molecule has 0 bridgehead atoms. The largest absolute Gasteiger partial charge is 0.250 e. The van der Waals surface area contributed by atoms with Gasteiger partial charge in [-0.1, -0.05) is 30.7 Å². The molecule has 0 N–H and O–H groups in total. The lowest BCUT2D eigenvalue weighted by Crippen LogP contribution is -1.97. The van der Waals surface area contributed by atoms with Crippen molar-refractivity contribution in [1.29, 1.82) is 0 Å². The van der Waals surface area contributed by atoms with Gasteiger partial charge in [0.05, 0.1) is 11.7 Å². The smallest absolute Gasteiger partial charge is 0.0998 e. The molecule has 0 spiro atoms. The highest BCUT2D eigenvalue weighted by Crippen LogP contribution is 2.30. The fourth-order valence-electron chi connectivity index (χ4n) is 0.905. The maximum atomic E-state index is 12.3. The van der Waals surface area contributed by atoms with Gasteiger partial charge >= 0.3 is 0 Å². The topological polar surface area (TPSA) is 0 Å². The van der Waals surface area contributed by atoms with Crippen LogP contribution < -0.4 is 0 Å². The molecule has 0 aliphatic heterocycles. The van der Waals surface area contributed by atoms with E-state index in [0.29, 0.717) is 10.9 Å². The number of hydrogen-bond donors (Lipinski definition) is 0. The highest BCUT2D eigenvalue weighted by molar-refractivity contribution is 9.10. The Hall–Kier alpha value is -0.0800. The lowest BCUT2D eigenvalue weighted by molar-refractivity contribution is 0.516. The Morgan fingerprint density at radius 2 is 2.25 bits per heavy atom. The minimum atomic E-state index is -0.445. The van der Waals surface area contributed by atoms with Crippen molar-refractivity contribution in [1.82, 2.24) is 0 Å². The molecule has 0 aliphatic carbocycles. The molecule has 0 saturated heterocycles. The highest BCUT2D eigenvalue weighted by Gasteiger charge is 2.10. The molecular weight excluding hydrogens is 242 g/mol. The third kappa shape index (κ3) is 1.99. The predicted octanol–water partition coefficient (Wildman–Crippen LogP) is 4.01. The minimum Gasteiger partial charge on any atom is -0.250 e. The second kappa shape index (κ2) is 4.24. The van der Waals surface area contributed by atoms with Crippen molar-refractivity contribution >= 4 is 27.5 Å². The van der Waals surface area contributed by atoms with Crippen molar-refractivity contribution < 1.29 is 4.39 Å². The molecule has 1 aromatic rings. The van der Waals surface area contributed by atoms with Crippen molar-refractivity contribution in [3.05, 3.63) is 39.2 Å². The fraction of sp³-hybridized carbons (Fsp3) is 0.222. The van der Waals surface area contributed by atoms with Crippen molar-refractivity contribution in [3.8, 4) is 0 Å². The summed E-state index contributed by atoms with van der Waals surface area (Å²) in [6.07, 6.45) is 0. The molecule has 65 valence electrons. The summed E-state index contributed by atoms with van der Waals surface area (Å²) in [5.74, 6) is 0.685. The Labute approximate surface area is 84.9 Å². The van der Waals surface area contributed by atoms with E-state index in [1.165, 1.54) is 0 Å². The maximum absolute atomic E-state index is 12.3. The van der Waals surface area contributed by atoms with Crippen LogP contribution in [-0.4, -0.2) is 6.67 Å². The standard InChI is InChI=1S/C9H8BrClF/c1-6(5-12)7-3-2-4-8(11)9(7)10/h2-4H,5H2,1H3. The van der Waals surface area contributed by atoms with Crippen LogP contribution in [0.3, 0.4) is 0 Å². The van der Waals surface area contributed by atoms with Crippen LogP contribution in [0.4, 0.5) is 4.39 Å². The van der Waals surface area contributed by atoms with Gasteiger partial charge in [-0.3, -0.25) is 4.39 Å². The van der Waals surface area contributed by atoms with Crippen LogP contribution in [-0.2, 0) is 0 Å². The second-order valence-electron chi connectivity index (χ2n) is 2.52. The van der Waals surface area contributed by atoms with E-state index in [1.807, 2.05) is 12.1 Å². The molecular formula is C9H8BrClF. The third-order valence-corrected chi connectivity index (χ3v) is 3.01. The van der Waals surface area contributed by atoms with Crippen LogP contribution in [0.25, 0.3) is 0 Å². The molecule has 0 amide bonds. The van der Waals surface area contributed by atoms with E-state index < -0.39 is 6.67 Å². The predicted molar refractivity (Wildman–Crippen MR) is 53.1 cm³/mol. The normalized spacial score (nSPS) is 10.8. The Morgan fingerprint density at radius 1 is 1.58 bits per heavy atom. The Kier molecular flexibility index (Phi) is 3.53. The SMILES string of the molecule is C[C](CF)c1cccc(Cl)c1Br. The summed E-state index contributed by atoms with van der Waals surface area (Å²) >= 11 is 9.13. The van der Waals surface area contributed by atoms with Gasteiger partial charge in [0.1, 0.15) is 0 Å². The zero-order chi connectivity index (χ0) is 9.14. The van der Waals surface area contributed by atoms with Crippen LogP contribution in [0, 0.1) is 5.92 Å². The summed E-state index contributed by atoms with van der Waals surface area (Å²) in [6, 6.07) is 5.41. The van der Waals surface area contributed by atoms with E-state index in [0.717, 1.165) is 10.0 Å². The number of rotatable bonds is 2. The number of alkyl halides is 1. The van der Waals surface area contributed by atoms with Gasteiger partial charge in [0.25, 0.3) is 0 Å². The van der Waals surface area contributed by atoms with E-state index >= 15 is 0 Å². The van der Waals surface area contributed by atoms with Gasteiger partial charge in [-0.2, -0.15) is 0 Å². The van der Waals surface area contributed by atoms with Gasteiger partial charge in [0.2, 0.25) is 0 Å². The molecule has 0 nitrogen and oxygen atoms in total. The first-order chi connectivity index (χ1) is 5.66. The molecule has 1 radical (unpaired) electrons. The molecule has 0 unspecified atom stereocenters. The summed E-state index contributed by atoms with van der Waals surface area (Å²) in [6.45, 7) is 1.30. The van der Waals surface area contributed by atoms with Crippen molar-refractivity contribution in [3.63, 3.8) is 0 Å². The maximum Gasteiger partial charge on any atom is 0.0998 e. The van der Waals surface area contributed by atoms with Crippen LogP contribution in [0.15, 0.2) is 22.7 Å². The summed E-state index contributed by atoms with van der Waals surface area (Å²) in [4.78, 5) is 0. The van der Waals surface area contributed by atoms with Gasteiger partial charge in [0.15, 0.2) is 0 Å². The molecule has 0 fully saturated rings. The molecule has 1 aromatic carbocycles. The number of hydrogen-bond acceptors (Lipinski definition) is 0. The van der Waals surface area contributed by atoms with Crippen molar-refractivity contribution in [2.45, 2.75) is 6.92 Å². The average molecular weight is 251 g/mol. The zero-order valence-corrected chi connectivity index (χ0v) is 8.91. The molecule has 0 saturated carbocycles. The Morgan fingerprint density at radius 3 is 2.83 bits per heavy atom. The van der Waals surface area contributed by atoms with E-state index in [9.17, 15) is 4.39 Å². The minimum absolute atomic E-state index is 0.445. The molecule has 0 aromatic heterocycles. The van der Waals surface area contributed by atoms with E-state index in [2.05, 4.69) is 15.9 Å². The summed E-state index contributed by atoms with van der Waals surface area (Å²) in [5, 5.41) is 0.611. The molecule has 3 heteroatoms. The first-order valence-corrected chi connectivity index (χ1v) is 4.66. The van der Waals surface area contributed by atoms with Crippen LogP contribution in [0.2, 0.25) is 5.02 Å². The molecule has 0 aliphatic rings. The summed E-state index contributed by atoms with van der Waals surface area (Å²) < 4.78 is 13.0. The second-order valence-corrected chi connectivity index (χ2v) is 3.72. The average Bonchev–Trinajstić information content (AvgIpc) is 2.08. The van der Waals surface area contributed by atoms with Gasteiger partial charge in [-0.05, 0) is 27.6 Å². The quantitative estimate of drug-likeness (QED) is 0.744. The van der Waals surface area contributed by atoms with Crippen molar-refractivity contribution in [2.24, 2.45) is 0 Å². The van der Waals surface area contributed by atoms with Crippen LogP contribution in [0.1, 0.15) is 12.5 Å². The van der Waals surface area contributed by atoms with Gasteiger partial charge in [-0.25, -0.2) is 0 Å². The highest BCUT2D eigenvalue weighted by atomic mass is 79.9. The van der Waals surface area contributed by atoms with E-state index in [-0.39, 0.29) is 0 Å². The van der Waals surface area contributed by atoms with E-state index in [4.69, 9.17) is 11.6 Å². The zero-order valence-electron chi connectivity index (χ0n) is 6.57. The fourth-order valence-corrected chi connectivity index (χ4v) is 1.68. The molecule has 0 heterocycles. The van der Waals surface area contributed by atoms with Crippen LogP contribution >= 0.6 is 27.5 Å². The Balaban J connectivity index is 3.07. The lowest BCUT2D eigenvalue weighted by Gasteiger charge is -2.09. The third-order valence-electron chi connectivity index (χ3n) is 1.61. The molecule has 0 atom stereocenters. The number of halogens is 3. The van der Waals surface area contributed by atoms with Crippen molar-refractivity contribution in [2.75, 3.05) is 6.67 Å². The first kappa shape index (κ1) is 10.0. The monoisotopic (exact) mass is 249 g/mol. The number of benzene rings is 1. The van der Waals surface area contributed by atoms with Gasteiger partial charge in [-0.15, -0.1) is 0 Å². The molecule has 1 rings (SSSR count). The lowest BCUT2D eigenvalue weighted by atomic mass is 10.0. The molecule has 12 heavy (non-hydrogen) atoms. The summed E-state index contributed by atoms with van der Waals surface area (Å²) in [7, 11) is 0. The van der Waals surface area contributed by atoms with E-state index in [1.54, 1.807) is 13.0 Å². The Bertz CT molecular complexity index is 275.